The fourth-order valence-corrected chi connectivity index (χ4v) is 3.33. The van der Waals surface area contributed by atoms with Gasteiger partial charge in [-0.2, -0.15) is 0 Å². The van der Waals surface area contributed by atoms with Crippen molar-refractivity contribution in [2.45, 2.75) is 20.8 Å². The molecule has 3 heterocycles. The second-order valence-corrected chi connectivity index (χ2v) is 6.87. The molecule has 0 bridgehead atoms. The maximum atomic E-state index is 12.2. The van der Waals surface area contributed by atoms with E-state index in [9.17, 15) is 9.59 Å². The topological polar surface area (TPSA) is 99.0 Å². The smallest absolute Gasteiger partial charge is 0.340 e. The first kappa shape index (κ1) is 17.7. The van der Waals surface area contributed by atoms with E-state index in [0.29, 0.717) is 5.69 Å². The van der Waals surface area contributed by atoms with Crippen LogP contribution in [0, 0.1) is 20.8 Å². The van der Waals surface area contributed by atoms with Crippen LogP contribution >= 0.6 is 11.3 Å². The number of nitrogens with zero attached hydrogens (tertiary/aromatic N) is 4. The zero-order valence-corrected chi connectivity index (χ0v) is 15.3. The SMILES string of the molecule is Cc1sc(NC(=O)COC(=O)c2cncc(-n3ccnn3)c2)c(C)c1C. The number of aryl methyl sites for hydroxylation is 1. The molecule has 0 atom stereocenters. The van der Waals surface area contributed by atoms with Crippen LogP contribution in [0.2, 0.25) is 0 Å². The van der Waals surface area contributed by atoms with Gasteiger partial charge in [-0.05, 0) is 38.0 Å². The minimum absolute atomic E-state index is 0.227. The first-order valence-electron chi connectivity index (χ1n) is 7.81. The fourth-order valence-electron chi connectivity index (χ4n) is 2.25. The van der Waals surface area contributed by atoms with Crippen LogP contribution in [0.4, 0.5) is 5.00 Å². The molecule has 134 valence electrons. The van der Waals surface area contributed by atoms with Crippen LogP contribution in [0.15, 0.2) is 30.9 Å². The standard InChI is InChI=1S/C17H17N5O3S/c1-10-11(2)16(26-12(10)3)20-15(23)9-25-17(24)13-6-14(8-18-7-13)22-5-4-19-21-22/h4-8H,9H2,1-3H3,(H,20,23). The molecule has 0 aliphatic heterocycles. The number of rotatable bonds is 5. The highest BCUT2D eigenvalue weighted by Crippen LogP contribution is 2.31. The lowest BCUT2D eigenvalue weighted by molar-refractivity contribution is -0.119. The number of pyridine rings is 1. The number of carbonyl (C=O) groups is 2. The second-order valence-electron chi connectivity index (χ2n) is 5.64. The highest BCUT2D eigenvalue weighted by Gasteiger charge is 2.15. The van der Waals surface area contributed by atoms with Gasteiger partial charge < -0.3 is 10.1 Å². The van der Waals surface area contributed by atoms with Crippen molar-refractivity contribution < 1.29 is 14.3 Å². The van der Waals surface area contributed by atoms with Crippen molar-refractivity contribution in [3.05, 3.63) is 52.4 Å². The number of ether oxygens (including phenoxy) is 1. The van der Waals surface area contributed by atoms with E-state index >= 15 is 0 Å². The maximum absolute atomic E-state index is 12.2. The van der Waals surface area contributed by atoms with Gasteiger partial charge in [0.15, 0.2) is 6.61 Å². The Morgan fingerprint density at radius 1 is 1.23 bits per heavy atom. The van der Waals surface area contributed by atoms with Crippen molar-refractivity contribution in [1.82, 2.24) is 20.0 Å². The minimum atomic E-state index is -0.634. The van der Waals surface area contributed by atoms with Crippen molar-refractivity contribution in [1.29, 1.82) is 0 Å². The normalized spacial score (nSPS) is 10.6. The first-order valence-corrected chi connectivity index (χ1v) is 8.62. The Bertz CT molecular complexity index is 949. The summed E-state index contributed by atoms with van der Waals surface area (Å²) in [5, 5.41) is 11.1. The molecule has 0 saturated heterocycles. The number of hydrogen-bond acceptors (Lipinski definition) is 7. The van der Waals surface area contributed by atoms with E-state index in [1.54, 1.807) is 18.5 Å². The zero-order chi connectivity index (χ0) is 18.7. The minimum Gasteiger partial charge on any atom is -0.452 e. The average molecular weight is 371 g/mol. The summed E-state index contributed by atoms with van der Waals surface area (Å²) in [6.45, 7) is 5.58. The van der Waals surface area contributed by atoms with Crippen LogP contribution in [0.3, 0.4) is 0 Å². The summed E-state index contributed by atoms with van der Waals surface area (Å²) < 4.78 is 6.55. The summed E-state index contributed by atoms with van der Waals surface area (Å²) >= 11 is 1.50. The summed E-state index contributed by atoms with van der Waals surface area (Å²) in [6, 6.07) is 1.57. The Morgan fingerprint density at radius 2 is 2.04 bits per heavy atom. The molecule has 0 saturated carbocycles. The zero-order valence-electron chi connectivity index (χ0n) is 14.5. The monoisotopic (exact) mass is 371 g/mol. The van der Waals surface area contributed by atoms with Crippen LogP contribution in [-0.4, -0.2) is 38.5 Å². The molecule has 0 spiro atoms. The average Bonchev–Trinajstić information content (AvgIpc) is 3.26. The van der Waals surface area contributed by atoms with E-state index in [1.165, 1.54) is 28.4 Å². The molecule has 0 aliphatic carbocycles. The van der Waals surface area contributed by atoms with Crippen molar-refractivity contribution in [3.63, 3.8) is 0 Å². The third-order valence-corrected chi connectivity index (χ3v) is 5.14. The van der Waals surface area contributed by atoms with Crippen LogP contribution in [0.1, 0.15) is 26.4 Å². The van der Waals surface area contributed by atoms with Gasteiger partial charge in [-0.1, -0.05) is 5.21 Å². The summed E-state index contributed by atoms with van der Waals surface area (Å²) in [6.07, 6.45) is 6.07. The third-order valence-electron chi connectivity index (χ3n) is 3.92. The molecule has 3 aromatic heterocycles. The van der Waals surface area contributed by atoms with Gasteiger partial charge in [0.05, 0.1) is 34.8 Å². The molecule has 0 radical (unpaired) electrons. The predicted molar refractivity (Wildman–Crippen MR) is 96.6 cm³/mol. The lowest BCUT2D eigenvalue weighted by atomic mass is 10.2. The number of aromatic nitrogens is 4. The molecule has 0 aromatic carbocycles. The van der Waals surface area contributed by atoms with E-state index in [-0.39, 0.29) is 18.1 Å². The maximum Gasteiger partial charge on any atom is 0.340 e. The Morgan fingerprint density at radius 3 is 2.69 bits per heavy atom. The number of carbonyl (C=O) groups excluding carboxylic acids is 2. The Hall–Kier alpha value is -3.07. The highest BCUT2D eigenvalue weighted by molar-refractivity contribution is 7.16. The van der Waals surface area contributed by atoms with Crippen LogP contribution in [-0.2, 0) is 9.53 Å². The van der Waals surface area contributed by atoms with Gasteiger partial charge >= 0.3 is 5.97 Å². The van der Waals surface area contributed by atoms with Gasteiger partial charge in [0.1, 0.15) is 0 Å². The van der Waals surface area contributed by atoms with E-state index < -0.39 is 5.97 Å². The Balaban J connectivity index is 1.61. The molecule has 26 heavy (non-hydrogen) atoms. The highest BCUT2D eigenvalue weighted by atomic mass is 32.1. The molecular formula is C17H17N5O3S. The lowest BCUT2D eigenvalue weighted by Crippen LogP contribution is -2.21. The summed E-state index contributed by atoms with van der Waals surface area (Å²) in [5.41, 5.74) is 2.97. The first-order chi connectivity index (χ1) is 12.5. The quantitative estimate of drug-likeness (QED) is 0.692. The van der Waals surface area contributed by atoms with Gasteiger partial charge in [0.2, 0.25) is 0 Å². The molecule has 9 heteroatoms. The largest absolute Gasteiger partial charge is 0.452 e. The van der Waals surface area contributed by atoms with E-state index in [4.69, 9.17) is 4.74 Å². The Kier molecular flexibility index (Phi) is 5.08. The van der Waals surface area contributed by atoms with Crippen molar-refractivity contribution in [2.75, 3.05) is 11.9 Å². The van der Waals surface area contributed by atoms with Gasteiger partial charge in [-0.15, -0.1) is 16.4 Å². The summed E-state index contributed by atoms with van der Waals surface area (Å²) in [5.74, 6) is -1.02. The fraction of sp³-hybridized carbons (Fsp3) is 0.235. The van der Waals surface area contributed by atoms with Gasteiger partial charge in [0.25, 0.3) is 5.91 Å². The Labute approximate surface area is 153 Å². The van der Waals surface area contributed by atoms with E-state index in [1.807, 2.05) is 20.8 Å². The van der Waals surface area contributed by atoms with Gasteiger partial charge in [-0.25, -0.2) is 9.48 Å². The van der Waals surface area contributed by atoms with Gasteiger partial charge in [-0.3, -0.25) is 9.78 Å². The van der Waals surface area contributed by atoms with Crippen LogP contribution in [0.5, 0.6) is 0 Å². The van der Waals surface area contributed by atoms with E-state index in [2.05, 4.69) is 20.6 Å². The predicted octanol–water partition coefficient (Wildman–Crippen LogP) is 2.44. The van der Waals surface area contributed by atoms with Gasteiger partial charge in [0, 0.05) is 11.1 Å². The number of nitrogens with one attached hydrogen (secondary N) is 1. The molecule has 0 aliphatic rings. The molecule has 3 aromatic rings. The van der Waals surface area contributed by atoms with Crippen molar-refractivity contribution in [3.8, 4) is 5.69 Å². The third kappa shape index (κ3) is 3.77. The second kappa shape index (κ2) is 7.44. The number of amides is 1. The molecule has 0 fully saturated rings. The van der Waals surface area contributed by atoms with Crippen molar-refractivity contribution >= 4 is 28.2 Å². The summed E-state index contributed by atoms with van der Waals surface area (Å²) in [4.78, 5) is 29.4. The summed E-state index contributed by atoms with van der Waals surface area (Å²) in [7, 11) is 0. The molecule has 8 nitrogen and oxygen atoms in total. The number of hydrogen-bond donors (Lipinski definition) is 1. The lowest BCUT2D eigenvalue weighted by Gasteiger charge is -2.07. The molecular weight excluding hydrogens is 354 g/mol. The number of anilines is 1. The van der Waals surface area contributed by atoms with E-state index in [0.717, 1.165) is 21.0 Å². The molecule has 1 amide bonds. The molecule has 1 N–H and O–H groups in total. The number of esters is 1. The van der Waals surface area contributed by atoms with Crippen molar-refractivity contribution in [2.24, 2.45) is 0 Å². The number of thiophene rings is 1. The van der Waals surface area contributed by atoms with Crippen LogP contribution < -0.4 is 5.32 Å². The molecule has 0 unspecified atom stereocenters. The molecule has 3 rings (SSSR count). The van der Waals surface area contributed by atoms with Crippen LogP contribution in [0.25, 0.3) is 5.69 Å².